The van der Waals surface area contributed by atoms with Gasteiger partial charge in [-0.25, -0.2) is 4.39 Å². The van der Waals surface area contributed by atoms with Crippen LogP contribution in [0.25, 0.3) is 0 Å². The van der Waals surface area contributed by atoms with Crippen molar-refractivity contribution in [3.05, 3.63) is 35.6 Å². The Bertz CT molecular complexity index is 474. The predicted octanol–water partition coefficient (Wildman–Crippen LogP) is 3.13. The van der Waals surface area contributed by atoms with E-state index >= 15 is 0 Å². The van der Waals surface area contributed by atoms with Crippen molar-refractivity contribution in [2.45, 2.75) is 45.1 Å². The minimum absolute atomic E-state index is 0.0371. The molecular weight excluding hydrogens is 243 g/mol. The Morgan fingerprint density at radius 3 is 2.47 bits per heavy atom. The fraction of sp³-hybridized carbons (Fsp3) is 0.467. The zero-order valence-corrected chi connectivity index (χ0v) is 11.5. The number of nitrogens with zero attached hydrogens (tertiary/aromatic N) is 1. The summed E-state index contributed by atoms with van der Waals surface area (Å²) in [6, 6.07) is 8.23. The van der Waals surface area contributed by atoms with Crippen LogP contribution in [0.15, 0.2) is 24.3 Å². The highest BCUT2D eigenvalue weighted by atomic mass is 19.1. The first-order valence-corrected chi connectivity index (χ1v) is 6.35. The topological polar surface area (TPSA) is 52.9 Å². The molecule has 19 heavy (non-hydrogen) atoms. The van der Waals surface area contributed by atoms with Gasteiger partial charge in [0.1, 0.15) is 11.4 Å². The number of rotatable bonds is 5. The number of amides is 1. The number of nitrogens with one attached hydrogen (secondary N) is 1. The normalized spacial score (nSPS) is 12.6. The molecule has 0 fully saturated rings. The Hall–Kier alpha value is -1.89. The Morgan fingerprint density at radius 1 is 1.42 bits per heavy atom. The van der Waals surface area contributed by atoms with E-state index in [0.29, 0.717) is 6.42 Å². The zero-order valence-electron chi connectivity index (χ0n) is 11.5. The van der Waals surface area contributed by atoms with Gasteiger partial charge in [-0.15, -0.1) is 0 Å². The lowest BCUT2D eigenvalue weighted by Gasteiger charge is -2.20. The van der Waals surface area contributed by atoms with Gasteiger partial charge in [0.25, 0.3) is 0 Å². The van der Waals surface area contributed by atoms with E-state index < -0.39 is 5.54 Å². The summed E-state index contributed by atoms with van der Waals surface area (Å²) < 4.78 is 12.9. The van der Waals surface area contributed by atoms with Crippen molar-refractivity contribution in [2.24, 2.45) is 0 Å². The number of carbonyl (C=O) groups excluding carboxylic acids is 1. The summed E-state index contributed by atoms with van der Waals surface area (Å²) in [6.45, 7) is 5.30. The first-order chi connectivity index (χ1) is 8.88. The van der Waals surface area contributed by atoms with Crippen molar-refractivity contribution in [2.75, 3.05) is 0 Å². The van der Waals surface area contributed by atoms with Gasteiger partial charge < -0.3 is 5.32 Å². The van der Waals surface area contributed by atoms with Gasteiger partial charge in [0.2, 0.25) is 5.91 Å². The molecule has 0 aliphatic carbocycles. The molecule has 4 heteroatoms. The van der Waals surface area contributed by atoms with Crippen LogP contribution in [-0.2, 0) is 4.79 Å². The highest BCUT2D eigenvalue weighted by Gasteiger charge is 2.21. The number of nitriles is 1. The van der Waals surface area contributed by atoms with Crippen LogP contribution in [0, 0.1) is 17.1 Å². The minimum Gasteiger partial charge on any atom is -0.338 e. The maximum Gasteiger partial charge on any atom is 0.221 e. The van der Waals surface area contributed by atoms with Gasteiger partial charge in [0.05, 0.1) is 6.07 Å². The second-order valence-corrected chi connectivity index (χ2v) is 5.15. The number of benzene rings is 1. The average molecular weight is 262 g/mol. The summed E-state index contributed by atoms with van der Waals surface area (Å²) >= 11 is 0. The van der Waals surface area contributed by atoms with Crippen LogP contribution < -0.4 is 5.32 Å². The summed E-state index contributed by atoms with van der Waals surface area (Å²) in [5.41, 5.74) is 0.0758. The van der Waals surface area contributed by atoms with Crippen LogP contribution in [0.2, 0.25) is 0 Å². The van der Waals surface area contributed by atoms with Crippen molar-refractivity contribution in [3.8, 4) is 6.07 Å². The summed E-state index contributed by atoms with van der Waals surface area (Å²) in [5, 5.41) is 11.6. The first kappa shape index (κ1) is 15.2. The molecule has 0 saturated carbocycles. The lowest BCUT2D eigenvalue weighted by molar-refractivity contribution is -0.122. The maximum atomic E-state index is 12.9. The molecule has 0 heterocycles. The molecule has 102 valence electrons. The van der Waals surface area contributed by atoms with E-state index in [0.717, 1.165) is 12.0 Å². The summed E-state index contributed by atoms with van der Waals surface area (Å²) in [7, 11) is 0. The quantitative estimate of drug-likeness (QED) is 0.886. The third-order valence-corrected chi connectivity index (χ3v) is 3.00. The van der Waals surface area contributed by atoms with E-state index in [2.05, 4.69) is 5.32 Å². The average Bonchev–Trinajstić information content (AvgIpc) is 2.36. The third kappa shape index (κ3) is 4.70. The molecule has 0 spiro atoms. The molecule has 0 aliphatic heterocycles. The lowest BCUT2D eigenvalue weighted by atomic mass is 9.92. The SMILES string of the molecule is CCC(CC(=O)NC(C)(C)C#N)c1ccc(F)cc1. The minimum atomic E-state index is -0.863. The monoisotopic (exact) mass is 262 g/mol. The second kappa shape index (κ2) is 6.33. The van der Waals surface area contributed by atoms with E-state index in [-0.39, 0.29) is 17.6 Å². The molecule has 0 radical (unpaired) electrons. The smallest absolute Gasteiger partial charge is 0.221 e. The summed E-state index contributed by atoms with van der Waals surface area (Å²) in [4.78, 5) is 11.9. The molecule has 1 unspecified atom stereocenters. The molecule has 0 aromatic heterocycles. The highest BCUT2D eigenvalue weighted by molar-refractivity contribution is 5.78. The van der Waals surface area contributed by atoms with Crippen LogP contribution in [0.3, 0.4) is 0 Å². The van der Waals surface area contributed by atoms with E-state index in [1.54, 1.807) is 26.0 Å². The fourth-order valence-electron chi connectivity index (χ4n) is 1.88. The second-order valence-electron chi connectivity index (χ2n) is 5.15. The maximum absolute atomic E-state index is 12.9. The van der Waals surface area contributed by atoms with E-state index in [1.807, 2.05) is 13.0 Å². The molecule has 0 saturated heterocycles. The highest BCUT2D eigenvalue weighted by Crippen LogP contribution is 2.23. The number of hydrogen-bond acceptors (Lipinski definition) is 2. The van der Waals surface area contributed by atoms with Crippen molar-refractivity contribution < 1.29 is 9.18 Å². The lowest BCUT2D eigenvalue weighted by Crippen LogP contribution is -2.42. The molecule has 1 aromatic rings. The van der Waals surface area contributed by atoms with Crippen LogP contribution in [-0.4, -0.2) is 11.4 Å². The first-order valence-electron chi connectivity index (χ1n) is 6.35. The molecule has 1 atom stereocenters. The Balaban J connectivity index is 2.70. The Labute approximate surface area is 113 Å². The van der Waals surface area contributed by atoms with Gasteiger partial charge >= 0.3 is 0 Å². The molecule has 1 N–H and O–H groups in total. The van der Waals surface area contributed by atoms with Gasteiger partial charge in [0.15, 0.2) is 0 Å². The predicted molar refractivity (Wildman–Crippen MR) is 71.9 cm³/mol. The van der Waals surface area contributed by atoms with Crippen molar-refractivity contribution in [1.82, 2.24) is 5.32 Å². The van der Waals surface area contributed by atoms with Crippen LogP contribution in [0.4, 0.5) is 4.39 Å². The van der Waals surface area contributed by atoms with E-state index in [9.17, 15) is 9.18 Å². The Morgan fingerprint density at radius 2 is 2.00 bits per heavy atom. The van der Waals surface area contributed by atoms with Crippen LogP contribution in [0.5, 0.6) is 0 Å². The molecule has 3 nitrogen and oxygen atoms in total. The molecule has 1 rings (SSSR count). The fourth-order valence-corrected chi connectivity index (χ4v) is 1.88. The standard InChI is InChI=1S/C15H19FN2O/c1-4-11(12-5-7-13(16)8-6-12)9-14(19)18-15(2,3)10-17/h5-8,11H,4,9H2,1-3H3,(H,18,19). The van der Waals surface area contributed by atoms with Gasteiger partial charge in [-0.2, -0.15) is 5.26 Å². The van der Waals surface area contributed by atoms with E-state index in [4.69, 9.17) is 5.26 Å². The molecule has 0 bridgehead atoms. The molecule has 1 amide bonds. The van der Waals surface area contributed by atoms with Crippen molar-refractivity contribution in [1.29, 1.82) is 5.26 Å². The number of carbonyl (C=O) groups is 1. The third-order valence-electron chi connectivity index (χ3n) is 3.00. The van der Waals surface area contributed by atoms with Gasteiger partial charge in [-0.05, 0) is 43.9 Å². The van der Waals surface area contributed by atoms with Crippen LogP contribution in [0.1, 0.15) is 45.1 Å². The molecule has 1 aromatic carbocycles. The van der Waals surface area contributed by atoms with Crippen molar-refractivity contribution >= 4 is 5.91 Å². The number of halogens is 1. The van der Waals surface area contributed by atoms with Gasteiger partial charge in [-0.3, -0.25) is 4.79 Å². The molecule has 0 aliphatic rings. The Kier molecular flexibility index (Phi) is 5.05. The van der Waals surface area contributed by atoms with E-state index in [1.165, 1.54) is 12.1 Å². The van der Waals surface area contributed by atoms with Gasteiger partial charge in [0, 0.05) is 6.42 Å². The summed E-state index contributed by atoms with van der Waals surface area (Å²) in [6.07, 6.45) is 1.08. The summed E-state index contributed by atoms with van der Waals surface area (Å²) in [5.74, 6) is -0.411. The zero-order chi connectivity index (χ0) is 14.5. The largest absolute Gasteiger partial charge is 0.338 e. The number of hydrogen-bond donors (Lipinski definition) is 1. The van der Waals surface area contributed by atoms with Crippen LogP contribution >= 0.6 is 0 Å². The molecular formula is C15H19FN2O. The van der Waals surface area contributed by atoms with Crippen molar-refractivity contribution in [3.63, 3.8) is 0 Å². The van der Waals surface area contributed by atoms with Gasteiger partial charge in [-0.1, -0.05) is 19.1 Å².